The standard InChI is InChI=1S/C12H21N5O2/c1-19-11(18)12(14-5-2-6-15-16-13)4-8-17-7-3-10(12)9-17/h10,14H,2-9H2,1H3. The molecule has 0 saturated carbocycles. The number of carbonyl (C=O) groups excluding carboxylic acids is 1. The molecule has 7 nitrogen and oxygen atoms in total. The number of piperidine rings is 1. The van der Waals surface area contributed by atoms with Crippen molar-refractivity contribution in [1.29, 1.82) is 0 Å². The normalized spacial score (nSPS) is 32.7. The van der Waals surface area contributed by atoms with E-state index in [2.05, 4.69) is 20.2 Å². The van der Waals surface area contributed by atoms with Crippen LogP contribution in [0.2, 0.25) is 0 Å². The Balaban J connectivity index is 1.98. The first kappa shape index (κ1) is 14.1. The quantitative estimate of drug-likeness (QED) is 0.255. The van der Waals surface area contributed by atoms with Gasteiger partial charge in [0, 0.05) is 30.5 Å². The fraction of sp³-hybridized carbons (Fsp3) is 0.917. The Labute approximate surface area is 112 Å². The highest BCUT2D eigenvalue weighted by Gasteiger charge is 2.51. The van der Waals surface area contributed by atoms with E-state index in [4.69, 9.17) is 10.3 Å². The monoisotopic (exact) mass is 267 g/mol. The summed E-state index contributed by atoms with van der Waals surface area (Å²) in [5, 5.41) is 6.89. The SMILES string of the molecule is COC(=O)C1(NCCCN=[N+]=[N-])CCN2CCC1C2. The molecule has 3 unspecified atom stereocenters. The summed E-state index contributed by atoms with van der Waals surface area (Å²) in [5.41, 5.74) is 7.69. The maximum atomic E-state index is 12.2. The number of esters is 1. The van der Waals surface area contributed by atoms with Crippen LogP contribution in [0.3, 0.4) is 0 Å². The van der Waals surface area contributed by atoms with Crippen molar-refractivity contribution in [2.75, 3.05) is 39.8 Å². The lowest BCUT2D eigenvalue weighted by Gasteiger charge is -2.41. The molecule has 106 valence electrons. The molecule has 0 radical (unpaired) electrons. The lowest BCUT2D eigenvalue weighted by atomic mass is 9.78. The maximum absolute atomic E-state index is 12.2. The highest BCUT2D eigenvalue weighted by molar-refractivity contribution is 5.81. The lowest BCUT2D eigenvalue weighted by molar-refractivity contribution is -0.152. The number of hydrogen-bond donors (Lipinski definition) is 1. The molecule has 0 aromatic rings. The van der Waals surface area contributed by atoms with Crippen LogP contribution in [0.25, 0.3) is 10.4 Å². The first-order valence-electron chi connectivity index (χ1n) is 6.79. The Morgan fingerprint density at radius 1 is 1.63 bits per heavy atom. The molecule has 2 rings (SSSR count). The number of nitrogens with one attached hydrogen (secondary N) is 1. The fourth-order valence-corrected chi connectivity index (χ4v) is 3.24. The summed E-state index contributed by atoms with van der Waals surface area (Å²) in [6.07, 6.45) is 2.57. The molecule has 3 atom stereocenters. The summed E-state index contributed by atoms with van der Waals surface area (Å²) < 4.78 is 5.02. The van der Waals surface area contributed by atoms with Crippen LogP contribution < -0.4 is 5.32 Å². The van der Waals surface area contributed by atoms with Gasteiger partial charge in [0.05, 0.1) is 7.11 Å². The Bertz CT molecular complexity index is 382. The summed E-state index contributed by atoms with van der Waals surface area (Å²) in [6, 6.07) is 0. The van der Waals surface area contributed by atoms with Crippen molar-refractivity contribution in [3.8, 4) is 0 Å². The van der Waals surface area contributed by atoms with E-state index in [1.807, 2.05) is 0 Å². The minimum atomic E-state index is -0.544. The molecule has 2 aliphatic rings. The highest BCUT2D eigenvalue weighted by Crippen LogP contribution is 2.36. The topological polar surface area (TPSA) is 90.3 Å². The fourth-order valence-electron chi connectivity index (χ4n) is 3.24. The molecule has 2 fully saturated rings. The van der Waals surface area contributed by atoms with Crippen molar-refractivity contribution in [2.24, 2.45) is 11.0 Å². The summed E-state index contributed by atoms with van der Waals surface area (Å²) in [7, 11) is 1.45. The van der Waals surface area contributed by atoms with Crippen molar-refractivity contribution in [3.63, 3.8) is 0 Å². The average Bonchev–Trinajstić information content (AvgIpc) is 2.84. The molecule has 1 N–H and O–H groups in total. The van der Waals surface area contributed by atoms with Crippen molar-refractivity contribution < 1.29 is 9.53 Å². The third-order valence-electron chi connectivity index (χ3n) is 4.28. The smallest absolute Gasteiger partial charge is 0.326 e. The largest absolute Gasteiger partial charge is 0.468 e. The second-order valence-electron chi connectivity index (χ2n) is 5.23. The molecule has 0 spiro atoms. The van der Waals surface area contributed by atoms with Crippen LogP contribution in [-0.2, 0) is 9.53 Å². The molecular formula is C12H21N5O2. The molecule has 2 heterocycles. The zero-order valence-corrected chi connectivity index (χ0v) is 11.3. The Kier molecular flexibility index (Phi) is 4.63. The van der Waals surface area contributed by atoms with Gasteiger partial charge in [-0.15, -0.1) is 0 Å². The van der Waals surface area contributed by atoms with E-state index in [0.717, 1.165) is 38.9 Å². The van der Waals surface area contributed by atoms with Crippen LogP contribution in [0.1, 0.15) is 19.3 Å². The molecule has 19 heavy (non-hydrogen) atoms. The van der Waals surface area contributed by atoms with Gasteiger partial charge in [-0.3, -0.25) is 4.79 Å². The van der Waals surface area contributed by atoms with Gasteiger partial charge >= 0.3 is 5.97 Å². The number of hydrogen-bond acceptors (Lipinski definition) is 5. The molecule has 0 amide bonds. The summed E-state index contributed by atoms with van der Waals surface area (Å²) >= 11 is 0. The van der Waals surface area contributed by atoms with E-state index in [1.54, 1.807) is 0 Å². The van der Waals surface area contributed by atoms with Crippen LogP contribution in [0, 0.1) is 5.92 Å². The van der Waals surface area contributed by atoms with E-state index in [-0.39, 0.29) is 5.97 Å². The zero-order valence-electron chi connectivity index (χ0n) is 11.3. The number of fused-ring (bicyclic) bond motifs is 2. The van der Waals surface area contributed by atoms with Gasteiger partial charge in [0.15, 0.2) is 0 Å². The second kappa shape index (κ2) is 6.23. The van der Waals surface area contributed by atoms with E-state index in [1.165, 1.54) is 7.11 Å². The Morgan fingerprint density at radius 2 is 2.47 bits per heavy atom. The summed E-state index contributed by atoms with van der Waals surface area (Å²) in [5.74, 6) is 0.177. The number of ether oxygens (including phenoxy) is 1. The van der Waals surface area contributed by atoms with Crippen LogP contribution in [0.5, 0.6) is 0 Å². The summed E-state index contributed by atoms with van der Waals surface area (Å²) in [6.45, 7) is 4.11. The molecule has 2 aliphatic heterocycles. The van der Waals surface area contributed by atoms with Gasteiger partial charge < -0.3 is 15.0 Å². The van der Waals surface area contributed by atoms with E-state index in [9.17, 15) is 4.79 Å². The van der Waals surface area contributed by atoms with Crippen LogP contribution in [0.4, 0.5) is 0 Å². The van der Waals surface area contributed by atoms with Crippen LogP contribution >= 0.6 is 0 Å². The van der Waals surface area contributed by atoms with Crippen LogP contribution in [0.15, 0.2) is 5.11 Å². The minimum Gasteiger partial charge on any atom is -0.468 e. The number of rotatable bonds is 6. The highest BCUT2D eigenvalue weighted by atomic mass is 16.5. The maximum Gasteiger partial charge on any atom is 0.326 e. The number of azide groups is 1. The van der Waals surface area contributed by atoms with Gasteiger partial charge in [-0.1, -0.05) is 5.11 Å². The molecule has 7 heteroatoms. The van der Waals surface area contributed by atoms with Crippen molar-refractivity contribution in [3.05, 3.63) is 10.4 Å². The van der Waals surface area contributed by atoms with Gasteiger partial charge in [-0.05, 0) is 37.9 Å². The van der Waals surface area contributed by atoms with Crippen molar-refractivity contribution in [2.45, 2.75) is 24.8 Å². The summed E-state index contributed by atoms with van der Waals surface area (Å²) in [4.78, 5) is 17.3. The Hall–Kier alpha value is -1.30. The van der Waals surface area contributed by atoms with Crippen molar-refractivity contribution in [1.82, 2.24) is 10.2 Å². The van der Waals surface area contributed by atoms with Gasteiger partial charge in [-0.2, -0.15) is 0 Å². The van der Waals surface area contributed by atoms with Gasteiger partial charge in [-0.25, -0.2) is 0 Å². The molecule has 0 aromatic heterocycles. The molecule has 0 aromatic carbocycles. The van der Waals surface area contributed by atoms with Gasteiger partial charge in [0.1, 0.15) is 5.54 Å². The van der Waals surface area contributed by atoms with E-state index in [0.29, 0.717) is 19.0 Å². The average molecular weight is 267 g/mol. The Morgan fingerprint density at radius 3 is 3.21 bits per heavy atom. The molecule has 2 bridgehead atoms. The van der Waals surface area contributed by atoms with Crippen LogP contribution in [-0.4, -0.2) is 56.2 Å². The lowest BCUT2D eigenvalue weighted by Crippen LogP contribution is -2.62. The van der Waals surface area contributed by atoms with Crippen molar-refractivity contribution >= 4 is 5.97 Å². The van der Waals surface area contributed by atoms with E-state index >= 15 is 0 Å². The number of carbonyl (C=O) groups is 1. The number of nitrogens with zero attached hydrogens (tertiary/aromatic N) is 4. The van der Waals surface area contributed by atoms with E-state index < -0.39 is 5.54 Å². The predicted molar refractivity (Wildman–Crippen MR) is 70.5 cm³/mol. The second-order valence-corrected chi connectivity index (χ2v) is 5.23. The molecular weight excluding hydrogens is 246 g/mol. The minimum absolute atomic E-state index is 0.150. The predicted octanol–water partition coefficient (Wildman–Crippen LogP) is 0.914. The molecule has 2 saturated heterocycles. The first-order chi connectivity index (χ1) is 9.23. The first-order valence-corrected chi connectivity index (χ1v) is 6.79. The zero-order chi connectivity index (χ0) is 13.7. The molecule has 0 aliphatic carbocycles. The third-order valence-corrected chi connectivity index (χ3v) is 4.28. The third kappa shape index (κ3) is 2.83. The number of methoxy groups -OCH3 is 1. The van der Waals surface area contributed by atoms with Gasteiger partial charge in [0.2, 0.25) is 0 Å². The van der Waals surface area contributed by atoms with Gasteiger partial charge in [0.25, 0.3) is 0 Å².